The van der Waals surface area contributed by atoms with Gasteiger partial charge in [0.05, 0.1) is 43.7 Å². The predicted molar refractivity (Wildman–Crippen MR) is 103 cm³/mol. The normalized spacial score (nSPS) is 42.0. The Bertz CT molecular complexity index is 999. The third kappa shape index (κ3) is 2.49. The minimum absolute atomic E-state index is 0.113. The maximum atomic E-state index is 13.2. The number of quaternary nitrogens is 1. The van der Waals surface area contributed by atoms with Crippen LogP contribution in [-0.2, 0) is 18.7 Å². The van der Waals surface area contributed by atoms with E-state index in [4.69, 9.17) is 20.8 Å². The van der Waals surface area contributed by atoms with E-state index in [1.165, 1.54) is 37.2 Å². The SMILES string of the molecule is O=C1CC2OCC=C3C[NH+]4CC[C@]56c7ccccc7N1C5[C@H]2[C@H]3C[C@H]46.O=[As]([O-])(O)O. The Morgan fingerprint density at radius 2 is 2.07 bits per heavy atom. The Morgan fingerprint density at radius 1 is 1.30 bits per heavy atom. The second-order valence-corrected chi connectivity index (χ2v) is 11.5. The molecule has 0 aromatic heterocycles. The number of amides is 1. The van der Waals surface area contributed by atoms with Gasteiger partial charge >= 0.3 is 30.5 Å². The molecule has 6 aliphatic rings. The van der Waals surface area contributed by atoms with Gasteiger partial charge in [0.2, 0.25) is 5.91 Å². The van der Waals surface area contributed by atoms with E-state index in [1.54, 1.807) is 10.5 Å². The van der Waals surface area contributed by atoms with Gasteiger partial charge in [-0.3, -0.25) is 4.79 Å². The van der Waals surface area contributed by atoms with Crippen LogP contribution in [0.15, 0.2) is 35.9 Å². The summed E-state index contributed by atoms with van der Waals surface area (Å²) in [6.07, 6.45) is 5.54. The third-order valence-corrected chi connectivity index (χ3v) is 8.40. The number of benzene rings is 1. The van der Waals surface area contributed by atoms with Crippen LogP contribution in [0.3, 0.4) is 0 Å². The molecule has 5 aliphatic heterocycles. The summed E-state index contributed by atoms with van der Waals surface area (Å²) in [6, 6.07) is 9.78. The van der Waals surface area contributed by atoms with Gasteiger partial charge in [-0.05, 0) is 23.1 Å². The first-order valence-corrected chi connectivity index (χ1v) is 13.8. The molecule has 3 saturated heterocycles. The van der Waals surface area contributed by atoms with Crippen molar-refractivity contribution >= 4 is 26.1 Å². The summed E-state index contributed by atoms with van der Waals surface area (Å²) >= 11 is -5.38. The van der Waals surface area contributed by atoms with Crippen LogP contribution in [0.1, 0.15) is 24.8 Å². The van der Waals surface area contributed by atoms with E-state index < -0.39 is 14.5 Å². The Morgan fingerprint density at radius 3 is 2.87 bits per heavy atom. The predicted octanol–water partition coefficient (Wildman–Crippen LogP) is -2.13. The summed E-state index contributed by atoms with van der Waals surface area (Å²) in [6.45, 7) is 3.15. The maximum absolute atomic E-state index is 13.2. The fourth-order valence-electron chi connectivity index (χ4n) is 7.73. The molecule has 3 unspecified atom stereocenters. The van der Waals surface area contributed by atoms with Gasteiger partial charge in [-0.2, -0.15) is 0 Å². The average molecular weight is 476 g/mol. The van der Waals surface area contributed by atoms with Crippen LogP contribution in [0.5, 0.6) is 0 Å². The third-order valence-electron chi connectivity index (χ3n) is 8.40. The molecule has 9 heteroatoms. The molecule has 3 N–H and O–H groups in total. The number of anilines is 1. The van der Waals surface area contributed by atoms with Crippen LogP contribution in [0.4, 0.5) is 5.69 Å². The number of hydrogen-bond acceptors (Lipinski definition) is 4. The number of piperidine rings is 2. The molecular weight excluding hydrogens is 451 g/mol. The van der Waals surface area contributed by atoms with Crippen LogP contribution < -0.4 is 13.9 Å². The van der Waals surface area contributed by atoms with Crippen LogP contribution >= 0.6 is 0 Å². The van der Waals surface area contributed by atoms with Gasteiger partial charge in [0, 0.05) is 24.4 Å². The number of carbonyl (C=O) groups excluding carboxylic acids is 1. The summed E-state index contributed by atoms with van der Waals surface area (Å²) in [7, 11) is 0. The van der Waals surface area contributed by atoms with Crippen molar-refractivity contribution in [2.45, 2.75) is 42.9 Å². The van der Waals surface area contributed by atoms with Gasteiger partial charge in [-0.25, -0.2) is 0 Å². The zero-order valence-electron chi connectivity index (χ0n) is 16.4. The number of para-hydroxylation sites is 1. The van der Waals surface area contributed by atoms with Gasteiger partial charge in [0.15, 0.2) is 0 Å². The fourth-order valence-corrected chi connectivity index (χ4v) is 7.73. The Labute approximate surface area is 177 Å². The molecule has 160 valence electrons. The number of ether oxygens (including phenoxy) is 1. The van der Waals surface area contributed by atoms with Gasteiger partial charge in [0.1, 0.15) is 6.04 Å². The van der Waals surface area contributed by atoms with E-state index in [0.29, 0.717) is 36.9 Å². The van der Waals surface area contributed by atoms with Crippen molar-refractivity contribution in [2.24, 2.45) is 11.8 Å². The van der Waals surface area contributed by atoms with E-state index in [0.717, 1.165) is 0 Å². The summed E-state index contributed by atoms with van der Waals surface area (Å²) in [5, 5.41) is 0. The van der Waals surface area contributed by atoms with Gasteiger partial charge in [-0.15, -0.1) is 0 Å². The molecule has 1 saturated carbocycles. The number of fused-ring (bicyclic) bond motifs is 2. The van der Waals surface area contributed by atoms with Crippen LogP contribution in [0.2, 0.25) is 0 Å². The number of nitrogens with zero attached hydrogens (tertiary/aromatic N) is 1. The molecule has 1 spiro atoms. The van der Waals surface area contributed by atoms with Crippen molar-refractivity contribution in [3.8, 4) is 0 Å². The molecular formula is C21H25AsN2O6. The molecule has 8 nitrogen and oxygen atoms in total. The van der Waals surface area contributed by atoms with E-state index >= 15 is 0 Å². The summed E-state index contributed by atoms with van der Waals surface area (Å²) in [5.41, 5.74) is 4.46. The van der Waals surface area contributed by atoms with E-state index in [2.05, 4.69) is 35.2 Å². The molecule has 5 heterocycles. The molecule has 7 atom stereocenters. The summed E-state index contributed by atoms with van der Waals surface area (Å²) < 4.78 is 38.2. The quantitative estimate of drug-likeness (QED) is 0.291. The summed E-state index contributed by atoms with van der Waals surface area (Å²) in [4.78, 5) is 17.2. The van der Waals surface area contributed by atoms with Crippen molar-refractivity contribution in [1.82, 2.24) is 0 Å². The second kappa shape index (κ2) is 6.31. The average Bonchev–Trinajstić information content (AvgIpc) is 3.15. The molecule has 2 bridgehead atoms. The topological polar surface area (TPSA) is 115 Å². The zero-order valence-corrected chi connectivity index (χ0v) is 18.3. The second-order valence-electron chi connectivity index (χ2n) is 9.42. The van der Waals surface area contributed by atoms with E-state index in [-0.39, 0.29) is 17.4 Å². The number of hydrogen-bond donors (Lipinski definition) is 3. The molecule has 1 aliphatic carbocycles. The van der Waals surface area contributed by atoms with Gasteiger partial charge in [-0.1, -0.05) is 24.3 Å². The fraction of sp³-hybridized carbons (Fsp3) is 0.571. The van der Waals surface area contributed by atoms with Crippen molar-refractivity contribution in [1.29, 1.82) is 0 Å². The monoisotopic (exact) mass is 476 g/mol. The first kappa shape index (κ1) is 19.3. The van der Waals surface area contributed by atoms with Crippen LogP contribution in [0.25, 0.3) is 0 Å². The molecule has 7 rings (SSSR count). The molecule has 1 aromatic rings. The first-order valence-electron chi connectivity index (χ1n) is 10.6. The van der Waals surface area contributed by atoms with Crippen molar-refractivity contribution in [3.05, 3.63) is 41.5 Å². The zero-order chi connectivity index (χ0) is 20.8. The van der Waals surface area contributed by atoms with E-state index in [9.17, 15) is 4.79 Å². The molecule has 1 amide bonds. The Balaban J connectivity index is 0.000000318. The molecule has 30 heavy (non-hydrogen) atoms. The standard InChI is InChI=1S/C21H22N2O2.AsH3O4/c24-18-10-16-19-13-9-17-21(6-7-22(17)11-12(13)5-8-25-16)14-3-1-2-4-15(14)23(18)20(19)21;2-1(3,4)5/h1-5,13,16-17,19-20H,6-11H2;(H3,2,3,4,5)/t13-,16?,17-,19-,20?,21+;/m0./s1. The minimum atomic E-state index is -5.38. The Kier molecular flexibility index (Phi) is 4.06. The van der Waals surface area contributed by atoms with Crippen LogP contribution in [0, 0.1) is 11.8 Å². The summed E-state index contributed by atoms with van der Waals surface area (Å²) in [5.74, 6) is 1.39. The molecule has 4 fully saturated rings. The number of nitrogens with one attached hydrogen (secondary N) is 1. The molecule has 1 aromatic carbocycles. The molecule has 0 radical (unpaired) electrons. The first-order chi connectivity index (χ1) is 14.3. The van der Waals surface area contributed by atoms with Crippen molar-refractivity contribution in [3.63, 3.8) is 0 Å². The van der Waals surface area contributed by atoms with Gasteiger partial charge in [0.25, 0.3) is 0 Å². The van der Waals surface area contributed by atoms with Crippen molar-refractivity contribution in [2.75, 3.05) is 24.6 Å². The van der Waals surface area contributed by atoms with Gasteiger partial charge < -0.3 is 14.5 Å². The Hall–Kier alpha value is -1.41. The van der Waals surface area contributed by atoms with Crippen molar-refractivity contribution < 1.29 is 30.5 Å². The van der Waals surface area contributed by atoms with E-state index in [1.807, 2.05) is 0 Å². The number of carbonyl (C=O) groups is 1. The number of rotatable bonds is 0. The van der Waals surface area contributed by atoms with Crippen LogP contribution in [-0.4, -0.2) is 66.5 Å².